The summed E-state index contributed by atoms with van der Waals surface area (Å²) in [5, 5.41) is 3.06. The lowest BCUT2D eigenvalue weighted by Crippen LogP contribution is -2.47. The molecule has 0 bridgehead atoms. The Morgan fingerprint density at radius 1 is 1.10 bits per heavy atom. The minimum absolute atomic E-state index is 0.00373. The van der Waals surface area contributed by atoms with Crippen molar-refractivity contribution >= 4 is 5.91 Å². The second kappa shape index (κ2) is 6.55. The van der Waals surface area contributed by atoms with Gasteiger partial charge in [-0.3, -0.25) is 4.79 Å². The maximum atomic E-state index is 11.8. The summed E-state index contributed by atoms with van der Waals surface area (Å²) in [5.74, 6) is -0.144. The van der Waals surface area contributed by atoms with Gasteiger partial charge in [-0.2, -0.15) is 0 Å². The highest BCUT2D eigenvalue weighted by atomic mass is 16.2. The van der Waals surface area contributed by atoms with E-state index in [0.29, 0.717) is 0 Å². The molecule has 110 valence electrons. The van der Waals surface area contributed by atoms with Crippen molar-refractivity contribution in [1.29, 1.82) is 0 Å². The Bertz CT molecular complexity index is 592. The first kappa shape index (κ1) is 15.3. The summed E-state index contributed by atoms with van der Waals surface area (Å²) in [6.45, 7) is 4.09. The second-order valence-electron chi connectivity index (χ2n) is 5.61. The Morgan fingerprint density at radius 2 is 1.71 bits per heavy atom. The van der Waals surface area contributed by atoms with E-state index in [9.17, 15) is 4.79 Å². The SMILES string of the molecule is Cc1ccc(C(C)(Cc2ccccc2)NC(=O)CN)cc1. The van der Waals surface area contributed by atoms with E-state index in [-0.39, 0.29) is 12.5 Å². The van der Waals surface area contributed by atoms with Gasteiger partial charge in [0.1, 0.15) is 0 Å². The van der Waals surface area contributed by atoms with E-state index in [4.69, 9.17) is 5.73 Å². The number of nitrogens with two attached hydrogens (primary N) is 1. The highest BCUT2D eigenvalue weighted by Crippen LogP contribution is 2.26. The first-order valence-electron chi connectivity index (χ1n) is 7.16. The van der Waals surface area contributed by atoms with Crippen LogP contribution < -0.4 is 11.1 Å². The van der Waals surface area contributed by atoms with E-state index >= 15 is 0 Å². The summed E-state index contributed by atoms with van der Waals surface area (Å²) in [6, 6.07) is 18.4. The lowest BCUT2D eigenvalue weighted by Gasteiger charge is -2.32. The molecular weight excluding hydrogens is 260 g/mol. The van der Waals surface area contributed by atoms with Crippen LogP contribution in [0.3, 0.4) is 0 Å². The predicted molar refractivity (Wildman–Crippen MR) is 85.9 cm³/mol. The Kier molecular flexibility index (Phi) is 4.76. The van der Waals surface area contributed by atoms with Crippen molar-refractivity contribution in [2.45, 2.75) is 25.8 Å². The van der Waals surface area contributed by atoms with Crippen LogP contribution in [-0.4, -0.2) is 12.5 Å². The van der Waals surface area contributed by atoms with Gasteiger partial charge < -0.3 is 11.1 Å². The monoisotopic (exact) mass is 282 g/mol. The van der Waals surface area contributed by atoms with Gasteiger partial charge in [0.2, 0.25) is 5.91 Å². The Morgan fingerprint density at radius 3 is 2.29 bits per heavy atom. The van der Waals surface area contributed by atoms with Gasteiger partial charge >= 0.3 is 0 Å². The summed E-state index contributed by atoms with van der Waals surface area (Å²) in [6.07, 6.45) is 0.725. The normalized spacial score (nSPS) is 13.5. The number of nitrogens with one attached hydrogen (secondary N) is 1. The second-order valence-corrected chi connectivity index (χ2v) is 5.61. The van der Waals surface area contributed by atoms with Crippen LogP contribution in [0.25, 0.3) is 0 Å². The van der Waals surface area contributed by atoms with Crippen LogP contribution in [-0.2, 0) is 16.8 Å². The number of carbonyl (C=O) groups is 1. The number of hydrogen-bond acceptors (Lipinski definition) is 2. The fourth-order valence-corrected chi connectivity index (χ4v) is 2.50. The van der Waals surface area contributed by atoms with Crippen molar-refractivity contribution < 1.29 is 4.79 Å². The standard InChI is InChI=1S/C18H22N2O/c1-14-8-10-16(11-9-14)18(2,20-17(21)13-19)12-15-6-4-3-5-7-15/h3-11H,12-13,19H2,1-2H3,(H,20,21). The molecule has 0 aromatic heterocycles. The zero-order chi connectivity index (χ0) is 15.3. The van der Waals surface area contributed by atoms with E-state index in [2.05, 4.69) is 48.6 Å². The van der Waals surface area contributed by atoms with Crippen molar-refractivity contribution in [3.05, 3.63) is 71.3 Å². The smallest absolute Gasteiger partial charge is 0.234 e. The maximum Gasteiger partial charge on any atom is 0.234 e. The Labute approximate surface area is 126 Å². The summed E-state index contributed by atoms with van der Waals surface area (Å²) < 4.78 is 0. The predicted octanol–water partition coefficient (Wildman–Crippen LogP) is 2.53. The van der Waals surface area contributed by atoms with Crippen LogP contribution >= 0.6 is 0 Å². The average Bonchev–Trinajstić information content (AvgIpc) is 2.48. The summed E-state index contributed by atoms with van der Waals surface area (Å²) in [5.41, 5.74) is 8.46. The first-order valence-corrected chi connectivity index (χ1v) is 7.16. The van der Waals surface area contributed by atoms with Crippen LogP contribution in [0, 0.1) is 6.92 Å². The van der Waals surface area contributed by atoms with Gasteiger partial charge in [-0.05, 0) is 31.4 Å². The highest BCUT2D eigenvalue weighted by Gasteiger charge is 2.28. The third kappa shape index (κ3) is 3.92. The number of benzene rings is 2. The first-order chi connectivity index (χ1) is 10.0. The third-order valence-electron chi connectivity index (χ3n) is 3.69. The molecule has 0 saturated heterocycles. The molecule has 0 aliphatic heterocycles. The van der Waals surface area contributed by atoms with Crippen molar-refractivity contribution in [1.82, 2.24) is 5.32 Å². The minimum atomic E-state index is -0.467. The molecule has 1 unspecified atom stereocenters. The quantitative estimate of drug-likeness (QED) is 0.885. The van der Waals surface area contributed by atoms with Gasteiger partial charge in [-0.1, -0.05) is 60.2 Å². The molecule has 0 saturated carbocycles. The number of amides is 1. The van der Waals surface area contributed by atoms with E-state index < -0.39 is 5.54 Å². The van der Waals surface area contributed by atoms with Crippen LogP contribution in [0.5, 0.6) is 0 Å². The van der Waals surface area contributed by atoms with Gasteiger partial charge in [-0.25, -0.2) is 0 Å². The zero-order valence-electron chi connectivity index (χ0n) is 12.6. The summed E-state index contributed by atoms with van der Waals surface area (Å²) >= 11 is 0. The fourth-order valence-electron chi connectivity index (χ4n) is 2.50. The van der Waals surface area contributed by atoms with E-state index in [1.807, 2.05) is 25.1 Å². The maximum absolute atomic E-state index is 11.8. The number of carbonyl (C=O) groups excluding carboxylic acids is 1. The van der Waals surface area contributed by atoms with Crippen LogP contribution in [0.2, 0.25) is 0 Å². The van der Waals surface area contributed by atoms with E-state index in [1.54, 1.807) is 0 Å². The molecule has 3 N–H and O–H groups in total. The molecule has 1 atom stereocenters. The molecule has 21 heavy (non-hydrogen) atoms. The van der Waals surface area contributed by atoms with Gasteiger partial charge in [0, 0.05) is 0 Å². The molecule has 0 spiro atoms. The van der Waals surface area contributed by atoms with Crippen molar-refractivity contribution in [3.63, 3.8) is 0 Å². The number of hydrogen-bond donors (Lipinski definition) is 2. The van der Waals surface area contributed by atoms with Crippen LogP contribution in [0.1, 0.15) is 23.6 Å². The molecule has 2 aromatic carbocycles. The number of rotatable bonds is 5. The topological polar surface area (TPSA) is 55.1 Å². The number of aryl methyl sites for hydroxylation is 1. The highest BCUT2D eigenvalue weighted by molar-refractivity contribution is 5.78. The summed E-state index contributed by atoms with van der Waals surface area (Å²) in [4.78, 5) is 11.8. The Hall–Kier alpha value is -2.13. The molecule has 2 aromatic rings. The van der Waals surface area contributed by atoms with Gasteiger partial charge in [0.15, 0.2) is 0 Å². The van der Waals surface area contributed by atoms with E-state index in [0.717, 1.165) is 12.0 Å². The molecule has 1 amide bonds. The Balaban J connectivity index is 2.33. The third-order valence-corrected chi connectivity index (χ3v) is 3.69. The summed E-state index contributed by atoms with van der Waals surface area (Å²) in [7, 11) is 0. The molecule has 2 rings (SSSR count). The molecule has 0 radical (unpaired) electrons. The largest absolute Gasteiger partial charge is 0.345 e. The van der Waals surface area contributed by atoms with Crippen molar-refractivity contribution in [2.75, 3.05) is 6.54 Å². The molecule has 0 fully saturated rings. The van der Waals surface area contributed by atoms with Gasteiger partial charge in [0.25, 0.3) is 0 Å². The molecule has 0 heterocycles. The van der Waals surface area contributed by atoms with E-state index in [1.165, 1.54) is 11.1 Å². The average molecular weight is 282 g/mol. The minimum Gasteiger partial charge on any atom is -0.345 e. The molecular formula is C18H22N2O. The van der Waals surface area contributed by atoms with Crippen LogP contribution in [0.15, 0.2) is 54.6 Å². The zero-order valence-corrected chi connectivity index (χ0v) is 12.6. The van der Waals surface area contributed by atoms with Crippen molar-refractivity contribution in [3.8, 4) is 0 Å². The lowest BCUT2D eigenvalue weighted by molar-refractivity contribution is -0.121. The molecule has 3 heteroatoms. The lowest BCUT2D eigenvalue weighted by atomic mass is 9.85. The van der Waals surface area contributed by atoms with Gasteiger partial charge in [-0.15, -0.1) is 0 Å². The molecule has 0 aliphatic rings. The van der Waals surface area contributed by atoms with Gasteiger partial charge in [0.05, 0.1) is 12.1 Å². The molecule has 0 aliphatic carbocycles. The van der Waals surface area contributed by atoms with Crippen LogP contribution in [0.4, 0.5) is 0 Å². The molecule has 3 nitrogen and oxygen atoms in total. The fraction of sp³-hybridized carbons (Fsp3) is 0.278. The van der Waals surface area contributed by atoms with Crippen molar-refractivity contribution in [2.24, 2.45) is 5.73 Å².